The molecule has 1 saturated heterocycles. The summed E-state index contributed by atoms with van der Waals surface area (Å²) in [5.74, 6) is 1.45. The molecule has 1 amide bonds. The Morgan fingerprint density at radius 2 is 1.91 bits per heavy atom. The largest absolute Gasteiger partial charge is 0.352 e. The van der Waals surface area contributed by atoms with Crippen LogP contribution in [0.1, 0.15) is 13.8 Å². The third-order valence-electron chi connectivity index (χ3n) is 2.85. The van der Waals surface area contributed by atoms with Gasteiger partial charge in [0, 0.05) is 6.04 Å². The number of hydrogen-bond acceptors (Lipinski definition) is 1. The summed E-state index contributed by atoms with van der Waals surface area (Å²) in [7, 11) is 0. The summed E-state index contributed by atoms with van der Waals surface area (Å²) in [6.07, 6.45) is 4.36. The standard InChI is InChI=1S/C9H13NO/c1-5-3-4-6(2)8-7(5)9(11)10-8/h3-8H,1-2H3,(H,10,11)/t5-,6+,7+,8-/m0/s1. The average Bonchev–Trinajstić information content (AvgIpc) is 1.93. The summed E-state index contributed by atoms with van der Waals surface area (Å²) in [5.41, 5.74) is 0. The maximum absolute atomic E-state index is 11.1. The maximum Gasteiger partial charge on any atom is 0.226 e. The number of amides is 1. The Hall–Kier alpha value is -0.790. The fourth-order valence-corrected chi connectivity index (χ4v) is 2.03. The van der Waals surface area contributed by atoms with Gasteiger partial charge in [0.05, 0.1) is 5.92 Å². The van der Waals surface area contributed by atoms with Crippen molar-refractivity contribution >= 4 is 5.91 Å². The molecule has 1 aliphatic heterocycles. The van der Waals surface area contributed by atoms with Crippen LogP contribution in [0.2, 0.25) is 0 Å². The molecule has 2 rings (SSSR count). The maximum atomic E-state index is 11.1. The van der Waals surface area contributed by atoms with Gasteiger partial charge in [0.2, 0.25) is 5.91 Å². The number of allylic oxidation sites excluding steroid dienone is 1. The first-order chi connectivity index (χ1) is 5.20. The lowest BCUT2D eigenvalue weighted by Gasteiger charge is -2.44. The van der Waals surface area contributed by atoms with E-state index in [-0.39, 0.29) is 11.8 Å². The van der Waals surface area contributed by atoms with Crippen molar-refractivity contribution in [3.63, 3.8) is 0 Å². The molecule has 2 aliphatic rings. The van der Waals surface area contributed by atoms with Crippen LogP contribution in [0, 0.1) is 17.8 Å². The molecular formula is C9H13NO. The Bertz CT molecular complexity index is 222. The van der Waals surface area contributed by atoms with Crippen LogP contribution in [-0.2, 0) is 4.79 Å². The van der Waals surface area contributed by atoms with Gasteiger partial charge in [0.25, 0.3) is 0 Å². The van der Waals surface area contributed by atoms with Crippen LogP contribution in [0.3, 0.4) is 0 Å². The van der Waals surface area contributed by atoms with Gasteiger partial charge >= 0.3 is 0 Å². The number of fused-ring (bicyclic) bond motifs is 1. The van der Waals surface area contributed by atoms with Crippen molar-refractivity contribution in [1.29, 1.82) is 0 Å². The zero-order valence-corrected chi connectivity index (χ0v) is 6.87. The third-order valence-corrected chi connectivity index (χ3v) is 2.85. The molecule has 0 aromatic carbocycles. The molecule has 0 radical (unpaired) electrons. The molecule has 60 valence electrons. The van der Waals surface area contributed by atoms with Crippen molar-refractivity contribution in [2.75, 3.05) is 0 Å². The van der Waals surface area contributed by atoms with Gasteiger partial charge in [0.15, 0.2) is 0 Å². The molecule has 0 saturated carbocycles. The van der Waals surface area contributed by atoms with E-state index >= 15 is 0 Å². The normalized spacial score (nSPS) is 47.6. The Labute approximate surface area is 66.7 Å². The topological polar surface area (TPSA) is 29.1 Å². The zero-order valence-electron chi connectivity index (χ0n) is 6.87. The second-order valence-electron chi connectivity index (χ2n) is 3.66. The van der Waals surface area contributed by atoms with E-state index in [0.29, 0.717) is 17.9 Å². The van der Waals surface area contributed by atoms with E-state index in [1.165, 1.54) is 0 Å². The minimum atomic E-state index is 0.235. The van der Waals surface area contributed by atoms with Gasteiger partial charge in [-0.05, 0) is 11.8 Å². The van der Waals surface area contributed by atoms with E-state index < -0.39 is 0 Å². The number of nitrogens with one attached hydrogen (secondary N) is 1. The fraction of sp³-hybridized carbons (Fsp3) is 0.667. The van der Waals surface area contributed by atoms with E-state index in [2.05, 4.69) is 31.3 Å². The first kappa shape index (κ1) is 6.89. The monoisotopic (exact) mass is 151 g/mol. The van der Waals surface area contributed by atoms with Gasteiger partial charge in [-0.2, -0.15) is 0 Å². The SMILES string of the molecule is C[C@@H]1C=C[C@H](C)[C@H]2C(=O)N[C@H]21. The minimum absolute atomic E-state index is 0.235. The fourth-order valence-electron chi connectivity index (χ4n) is 2.03. The van der Waals surface area contributed by atoms with Crippen LogP contribution >= 0.6 is 0 Å². The summed E-state index contributed by atoms with van der Waals surface area (Å²) in [5, 5.41) is 2.93. The van der Waals surface area contributed by atoms with Crippen LogP contribution in [0.25, 0.3) is 0 Å². The van der Waals surface area contributed by atoms with E-state index in [1.54, 1.807) is 0 Å². The summed E-state index contributed by atoms with van der Waals surface area (Å²) in [6.45, 7) is 4.26. The molecule has 0 unspecified atom stereocenters. The van der Waals surface area contributed by atoms with Crippen molar-refractivity contribution in [1.82, 2.24) is 5.32 Å². The third kappa shape index (κ3) is 0.817. The molecule has 11 heavy (non-hydrogen) atoms. The predicted molar refractivity (Wildman–Crippen MR) is 42.9 cm³/mol. The van der Waals surface area contributed by atoms with Crippen LogP contribution in [0.15, 0.2) is 12.2 Å². The average molecular weight is 151 g/mol. The summed E-state index contributed by atoms with van der Waals surface area (Å²) in [4.78, 5) is 11.1. The number of carbonyl (C=O) groups is 1. The van der Waals surface area contributed by atoms with Gasteiger partial charge < -0.3 is 5.32 Å². The van der Waals surface area contributed by atoms with E-state index in [0.717, 1.165) is 0 Å². The predicted octanol–water partition coefficient (Wildman–Crippen LogP) is 0.943. The van der Waals surface area contributed by atoms with E-state index in [1.807, 2.05) is 0 Å². The highest BCUT2D eigenvalue weighted by Gasteiger charge is 2.45. The first-order valence-corrected chi connectivity index (χ1v) is 4.19. The lowest BCUT2D eigenvalue weighted by molar-refractivity contribution is -0.138. The van der Waals surface area contributed by atoms with Crippen LogP contribution in [0.5, 0.6) is 0 Å². The molecule has 1 aliphatic carbocycles. The molecule has 0 aromatic rings. The number of hydrogen-bond donors (Lipinski definition) is 1. The Kier molecular flexibility index (Phi) is 1.31. The number of β-lactam (4-membered cyclic amide) rings is 1. The highest BCUT2D eigenvalue weighted by Crippen LogP contribution is 2.34. The second kappa shape index (κ2) is 2.10. The zero-order chi connectivity index (χ0) is 8.01. The molecule has 2 heteroatoms. The van der Waals surface area contributed by atoms with Crippen LogP contribution in [-0.4, -0.2) is 11.9 Å². The van der Waals surface area contributed by atoms with Crippen molar-refractivity contribution in [3.8, 4) is 0 Å². The lowest BCUT2D eigenvalue weighted by atomic mass is 9.71. The van der Waals surface area contributed by atoms with E-state index in [4.69, 9.17) is 0 Å². The molecule has 0 spiro atoms. The minimum Gasteiger partial charge on any atom is -0.352 e. The molecule has 2 nitrogen and oxygen atoms in total. The van der Waals surface area contributed by atoms with Gasteiger partial charge in [-0.1, -0.05) is 26.0 Å². The van der Waals surface area contributed by atoms with Crippen LogP contribution < -0.4 is 5.32 Å². The number of rotatable bonds is 0. The summed E-state index contributed by atoms with van der Waals surface area (Å²) >= 11 is 0. The Morgan fingerprint density at radius 3 is 2.45 bits per heavy atom. The Morgan fingerprint density at radius 1 is 1.27 bits per heavy atom. The first-order valence-electron chi connectivity index (χ1n) is 4.19. The van der Waals surface area contributed by atoms with E-state index in [9.17, 15) is 4.79 Å². The number of carbonyl (C=O) groups excluding carboxylic acids is 1. The highest BCUT2D eigenvalue weighted by atomic mass is 16.2. The van der Waals surface area contributed by atoms with Crippen molar-refractivity contribution < 1.29 is 4.79 Å². The van der Waals surface area contributed by atoms with Crippen LogP contribution in [0.4, 0.5) is 0 Å². The molecule has 1 heterocycles. The summed E-state index contributed by atoms with van der Waals surface area (Å²) in [6, 6.07) is 0.419. The summed E-state index contributed by atoms with van der Waals surface area (Å²) < 4.78 is 0. The van der Waals surface area contributed by atoms with Gasteiger partial charge in [-0.15, -0.1) is 0 Å². The quantitative estimate of drug-likeness (QED) is 0.405. The second-order valence-corrected chi connectivity index (χ2v) is 3.66. The molecule has 0 aromatic heterocycles. The lowest BCUT2D eigenvalue weighted by Crippen LogP contribution is -2.63. The van der Waals surface area contributed by atoms with Gasteiger partial charge in [-0.3, -0.25) is 4.79 Å². The highest BCUT2D eigenvalue weighted by molar-refractivity contribution is 5.86. The molecule has 1 N–H and O–H groups in total. The van der Waals surface area contributed by atoms with Crippen molar-refractivity contribution in [3.05, 3.63) is 12.2 Å². The molecule has 0 bridgehead atoms. The smallest absolute Gasteiger partial charge is 0.226 e. The van der Waals surface area contributed by atoms with Gasteiger partial charge in [0.1, 0.15) is 0 Å². The molecule has 1 fully saturated rings. The van der Waals surface area contributed by atoms with Gasteiger partial charge in [-0.25, -0.2) is 0 Å². The molecule has 4 atom stereocenters. The van der Waals surface area contributed by atoms with Crippen molar-refractivity contribution in [2.24, 2.45) is 17.8 Å². The Balaban J connectivity index is 2.22. The molecular weight excluding hydrogens is 138 g/mol. The van der Waals surface area contributed by atoms with Crippen molar-refractivity contribution in [2.45, 2.75) is 19.9 Å².